The van der Waals surface area contributed by atoms with Crippen molar-refractivity contribution in [3.8, 4) is 0 Å². The lowest BCUT2D eigenvalue weighted by Gasteiger charge is -2.15. The predicted molar refractivity (Wildman–Crippen MR) is 83.4 cm³/mol. The van der Waals surface area contributed by atoms with E-state index in [2.05, 4.69) is 0 Å². The first-order valence-corrected chi connectivity index (χ1v) is 7.19. The Balaban J connectivity index is 2.89. The molecule has 112 valence electrons. The molecule has 11 heteroatoms. The molecule has 7 nitrogen and oxygen atoms in total. The maximum absolute atomic E-state index is 12.1. The number of benzene rings is 1. The number of hydrogen-bond acceptors (Lipinski definition) is 5. The summed E-state index contributed by atoms with van der Waals surface area (Å²) in [7, 11) is 1.23. The second kappa shape index (κ2) is 5.53. The molecule has 0 fully saturated rings. The first kappa shape index (κ1) is 16.2. The van der Waals surface area contributed by atoms with Gasteiger partial charge in [0, 0.05) is 31.1 Å². The molecule has 0 aliphatic heterocycles. The van der Waals surface area contributed by atoms with Crippen LogP contribution in [-0.2, 0) is 7.05 Å². The lowest BCUT2D eigenvalue weighted by molar-refractivity contribution is -0.384. The number of nitro benzene ring substituents is 1. The molecule has 0 spiro atoms. The van der Waals surface area contributed by atoms with Gasteiger partial charge < -0.3 is 0 Å². The van der Waals surface area contributed by atoms with Gasteiger partial charge in [0.1, 0.15) is 0 Å². The highest BCUT2D eigenvalue weighted by molar-refractivity contribution is 8.03. The molecule has 1 aromatic carbocycles. The second-order valence-electron chi connectivity index (χ2n) is 3.94. The van der Waals surface area contributed by atoms with Crippen molar-refractivity contribution in [1.29, 1.82) is 0 Å². The minimum atomic E-state index is -1.84. The number of halogens is 3. The summed E-state index contributed by atoms with van der Waals surface area (Å²) in [5.41, 5.74) is -1.52. The zero-order valence-electron chi connectivity index (χ0n) is 10.2. The summed E-state index contributed by atoms with van der Waals surface area (Å²) in [5.74, 6) is 0. The number of nitrogens with zero attached hydrogens (tertiary/aromatic N) is 3. The molecule has 0 saturated carbocycles. The normalized spacial score (nSPS) is 11.8. The molecule has 2 rings (SSSR count). The van der Waals surface area contributed by atoms with Gasteiger partial charge in [0.05, 0.1) is 15.8 Å². The van der Waals surface area contributed by atoms with Crippen LogP contribution in [0.25, 0.3) is 10.9 Å². The fourth-order valence-corrected chi connectivity index (χ4v) is 2.97. The van der Waals surface area contributed by atoms with Crippen molar-refractivity contribution in [3.05, 3.63) is 49.2 Å². The van der Waals surface area contributed by atoms with Crippen LogP contribution in [-0.4, -0.2) is 16.6 Å². The number of alkyl halides is 3. The number of hydrogen-bond donors (Lipinski definition) is 0. The van der Waals surface area contributed by atoms with Crippen molar-refractivity contribution in [2.75, 3.05) is 0 Å². The zero-order valence-corrected chi connectivity index (χ0v) is 13.3. The first-order chi connectivity index (χ1) is 9.61. The Morgan fingerprint density at radius 3 is 2.43 bits per heavy atom. The SMILES string of the molecule is Cn1c(=O)c2cc([N+](=O)[O-])ccc2n(SC(Cl)(Cl)Cl)c1=O. The molecule has 0 atom stereocenters. The second-order valence-corrected chi connectivity index (χ2v) is 8.05. The average Bonchev–Trinajstić information content (AvgIpc) is 2.39. The molecule has 1 aromatic heterocycles. The van der Waals surface area contributed by atoms with E-state index in [4.69, 9.17) is 34.8 Å². The third kappa shape index (κ3) is 3.18. The van der Waals surface area contributed by atoms with Gasteiger partial charge in [0.2, 0.25) is 0 Å². The van der Waals surface area contributed by atoms with Crippen molar-refractivity contribution in [1.82, 2.24) is 8.54 Å². The molecule has 0 saturated heterocycles. The van der Waals surface area contributed by atoms with Crippen LogP contribution in [0.4, 0.5) is 5.69 Å². The summed E-state index contributed by atoms with van der Waals surface area (Å²) >= 11 is 17.5. The molecule has 1 heterocycles. The van der Waals surface area contributed by atoms with Crippen molar-refractivity contribution in [2.45, 2.75) is 3.12 Å². The van der Waals surface area contributed by atoms with Crippen LogP contribution >= 0.6 is 46.8 Å². The molecule has 0 bridgehead atoms. The fourth-order valence-electron chi connectivity index (χ4n) is 1.68. The van der Waals surface area contributed by atoms with E-state index < -0.39 is 19.3 Å². The summed E-state index contributed by atoms with van der Waals surface area (Å²) in [5, 5.41) is 10.8. The molecular formula is C10H6Cl3N3O4S. The van der Waals surface area contributed by atoms with E-state index in [1.54, 1.807) is 0 Å². The Morgan fingerprint density at radius 1 is 1.29 bits per heavy atom. The van der Waals surface area contributed by atoms with Gasteiger partial charge in [-0.25, -0.2) is 8.77 Å². The third-order valence-corrected chi connectivity index (χ3v) is 3.96. The fraction of sp³-hybridized carbons (Fsp3) is 0.200. The van der Waals surface area contributed by atoms with Crippen LogP contribution in [0.3, 0.4) is 0 Å². The van der Waals surface area contributed by atoms with Gasteiger partial charge in [0.15, 0.2) is 0 Å². The molecule has 0 N–H and O–H groups in total. The van der Waals surface area contributed by atoms with Gasteiger partial charge in [-0.3, -0.25) is 19.5 Å². The van der Waals surface area contributed by atoms with Gasteiger partial charge >= 0.3 is 5.69 Å². The zero-order chi connectivity index (χ0) is 15.9. The van der Waals surface area contributed by atoms with Crippen LogP contribution in [0.5, 0.6) is 0 Å². The third-order valence-electron chi connectivity index (χ3n) is 2.60. The van der Waals surface area contributed by atoms with E-state index in [1.807, 2.05) is 0 Å². The summed E-state index contributed by atoms with van der Waals surface area (Å²) < 4.78 is -0.0428. The molecule has 21 heavy (non-hydrogen) atoms. The van der Waals surface area contributed by atoms with Crippen molar-refractivity contribution in [2.24, 2.45) is 7.05 Å². The Kier molecular flexibility index (Phi) is 4.25. The number of fused-ring (bicyclic) bond motifs is 1. The molecule has 0 aliphatic rings. The van der Waals surface area contributed by atoms with Crippen LogP contribution < -0.4 is 11.2 Å². The Morgan fingerprint density at radius 2 is 1.90 bits per heavy atom. The van der Waals surface area contributed by atoms with E-state index >= 15 is 0 Å². The van der Waals surface area contributed by atoms with E-state index in [-0.39, 0.29) is 16.6 Å². The summed E-state index contributed by atoms with van der Waals surface area (Å²) in [6, 6.07) is 3.50. The molecule has 2 aromatic rings. The van der Waals surface area contributed by atoms with Crippen molar-refractivity contribution >= 4 is 63.3 Å². The predicted octanol–water partition coefficient (Wildman–Crippen LogP) is 2.43. The van der Waals surface area contributed by atoms with Gasteiger partial charge in [-0.05, 0) is 6.07 Å². The van der Waals surface area contributed by atoms with Gasteiger partial charge in [-0.2, -0.15) is 0 Å². The molecule has 0 amide bonds. The number of nitro groups is 1. The highest BCUT2D eigenvalue weighted by Gasteiger charge is 2.25. The van der Waals surface area contributed by atoms with Crippen LogP contribution in [0.15, 0.2) is 27.8 Å². The maximum Gasteiger partial charge on any atom is 0.341 e. The Labute approximate surface area is 136 Å². The average molecular weight is 371 g/mol. The summed E-state index contributed by atoms with van der Waals surface area (Å²) in [6.07, 6.45) is 0. The number of aromatic nitrogens is 2. The van der Waals surface area contributed by atoms with E-state index in [0.29, 0.717) is 11.9 Å². The summed E-state index contributed by atoms with van der Waals surface area (Å²) in [6.45, 7) is 0. The minimum absolute atomic E-state index is 0.0203. The van der Waals surface area contributed by atoms with E-state index in [9.17, 15) is 19.7 Å². The van der Waals surface area contributed by atoms with E-state index in [1.165, 1.54) is 13.1 Å². The standard InChI is InChI=1S/C10H6Cl3N3O4S/c1-14-8(17)6-4-5(16(19)20)2-3-7(6)15(9(14)18)21-10(11,12)13/h2-4H,1H3. The Hall–Kier alpha value is -1.22. The lowest BCUT2D eigenvalue weighted by Crippen LogP contribution is -2.37. The van der Waals surface area contributed by atoms with Crippen molar-refractivity contribution < 1.29 is 4.92 Å². The van der Waals surface area contributed by atoms with Gasteiger partial charge in [-0.1, -0.05) is 34.8 Å². The Bertz CT molecular complexity index is 855. The van der Waals surface area contributed by atoms with Crippen LogP contribution in [0.2, 0.25) is 0 Å². The van der Waals surface area contributed by atoms with E-state index in [0.717, 1.165) is 20.7 Å². The van der Waals surface area contributed by atoms with Gasteiger partial charge in [-0.15, -0.1) is 0 Å². The lowest BCUT2D eigenvalue weighted by atomic mass is 10.2. The molecule has 0 aliphatic carbocycles. The summed E-state index contributed by atoms with van der Waals surface area (Å²) in [4.78, 5) is 34.3. The van der Waals surface area contributed by atoms with Crippen molar-refractivity contribution in [3.63, 3.8) is 0 Å². The largest absolute Gasteiger partial charge is 0.341 e. The highest BCUT2D eigenvalue weighted by atomic mass is 35.6. The first-order valence-electron chi connectivity index (χ1n) is 5.28. The van der Waals surface area contributed by atoms with Crippen LogP contribution in [0, 0.1) is 10.1 Å². The minimum Gasteiger partial charge on any atom is -0.268 e. The smallest absolute Gasteiger partial charge is 0.268 e. The maximum atomic E-state index is 12.1. The van der Waals surface area contributed by atoms with Gasteiger partial charge in [0.25, 0.3) is 14.4 Å². The molecular weight excluding hydrogens is 365 g/mol. The molecule has 0 unspecified atom stereocenters. The molecule has 0 radical (unpaired) electrons. The monoisotopic (exact) mass is 369 g/mol. The number of rotatable bonds is 2. The number of non-ortho nitro benzene ring substituents is 1. The quantitative estimate of drug-likeness (QED) is 0.460. The topological polar surface area (TPSA) is 87.1 Å². The highest BCUT2D eigenvalue weighted by Crippen LogP contribution is 2.39. The van der Waals surface area contributed by atoms with Crippen LogP contribution in [0.1, 0.15) is 0 Å².